The summed E-state index contributed by atoms with van der Waals surface area (Å²) in [5.41, 5.74) is 7.49. The second-order valence-electron chi connectivity index (χ2n) is 5.68. The first-order valence-electron chi connectivity index (χ1n) is 7.23. The van der Waals surface area contributed by atoms with Crippen LogP contribution >= 0.6 is 0 Å². The summed E-state index contributed by atoms with van der Waals surface area (Å²) < 4.78 is 0. The standard InChI is InChI=1S/C15H24N4O2/c1-17(2)6-7-18-8-10-19(11-9-18)14-12(15(20)21)4-3-5-13(14)16/h3-5H,6-11,16H2,1-2H3,(H,20,21). The molecule has 1 saturated heterocycles. The van der Waals surface area contributed by atoms with E-state index in [-0.39, 0.29) is 5.56 Å². The lowest BCUT2D eigenvalue weighted by Gasteiger charge is -2.37. The first-order valence-corrected chi connectivity index (χ1v) is 7.23. The van der Waals surface area contributed by atoms with Crippen molar-refractivity contribution in [3.8, 4) is 0 Å². The third-order valence-electron chi connectivity index (χ3n) is 3.85. The summed E-state index contributed by atoms with van der Waals surface area (Å²) in [5.74, 6) is -0.924. The number of rotatable bonds is 5. The highest BCUT2D eigenvalue weighted by molar-refractivity contribution is 5.98. The van der Waals surface area contributed by atoms with Gasteiger partial charge in [-0.3, -0.25) is 4.90 Å². The molecule has 0 aromatic heterocycles. The molecule has 0 aliphatic carbocycles. The van der Waals surface area contributed by atoms with Gasteiger partial charge < -0.3 is 20.6 Å². The van der Waals surface area contributed by atoms with E-state index in [2.05, 4.69) is 28.8 Å². The van der Waals surface area contributed by atoms with Gasteiger partial charge in [0, 0.05) is 39.3 Å². The quantitative estimate of drug-likeness (QED) is 0.776. The van der Waals surface area contributed by atoms with Gasteiger partial charge in [-0.15, -0.1) is 0 Å². The molecule has 3 N–H and O–H groups in total. The maximum absolute atomic E-state index is 11.4. The topological polar surface area (TPSA) is 73.0 Å². The Morgan fingerprint density at radius 3 is 2.52 bits per heavy atom. The lowest BCUT2D eigenvalue weighted by Crippen LogP contribution is -2.48. The van der Waals surface area contributed by atoms with E-state index in [4.69, 9.17) is 5.73 Å². The number of nitrogen functional groups attached to an aromatic ring is 1. The predicted octanol–water partition coefficient (Wildman–Crippen LogP) is 0.651. The number of carboxylic acid groups (broad SMARTS) is 1. The van der Waals surface area contributed by atoms with E-state index in [1.165, 1.54) is 0 Å². The molecule has 1 fully saturated rings. The molecule has 0 unspecified atom stereocenters. The van der Waals surface area contributed by atoms with Crippen LogP contribution in [0.2, 0.25) is 0 Å². The number of likely N-dealkylation sites (N-methyl/N-ethyl adjacent to an activating group) is 1. The number of anilines is 2. The summed E-state index contributed by atoms with van der Waals surface area (Å²) in [6.07, 6.45) is 0. The summed E-state index contributed by atoms with van der Waals surface area (Å²) in [5, 5.41) is 9.32. The van der Waals surface area contributed by atoms with Crippen LogP contribution in [0, 0.1) is 0 Å². The van der Waals surface area contributed by atoms with Crippen molar-refractivity contribution in [3.63, 3.8) is 0 Å². The molecule has 1 heterocycles. The number of hydrogen-bond donors (Lipinski definition) is 2. The Balaban J connectivity index is 2.04. The fourth-order valence-electron chi connectivity index (χ4n) is 2.62. The van der Waals surface area contributed by atoms with Crippen LogP contribution in [0.25, 0.3) is 0 Å². The second kappa shape index (κ2) is 6.78. The Morgan fingerprint density at radius 2 is 1.95 bits per heavy atom. The summed E-state index contributed by atoms with van der Waals surface area (Å²) in [6, 6.07) is 5.07. The zero-order chi connectivity index (χ0) is 15.4. The average molecular weight is 292 g/mol. The van der Waals surface area contributed by atoms with E-state index in [1.54, 1.807) is 18.2 Å². The lowest BCUT2D eigenvalue weighted by atomic mass is 10.1. The van der Waals surface area contributed by atoms with E-state index in [0.29, 0.717) is 11.4 Å². The Bertz CT molecular complexity index is 496. The van der Waals surface area contributed by atoms with Crippen LogP contribution in [0.3, 0.4) is 0 Å². The zero-order valence-corrected chi connectivity index (χ0v) is 12.7. The maximum atomic E-state index is 11.4. The van der Waals surface area contributed by atoms with Crippen LogP contribution in [-0.2, 0) is 0 Å². The van der Waals surface area contributed by atoms with Crippen molar-refractivity contribution >= 4 is 17.3 Å². The minimum absolute atomic E-state index is 0.289. The molecular formula is C15H24N4O2. The summed E-state index contributed by atoms with van der Waals surface area (Å²) in [7, 11) is 4.14. The lowest BCUT2D eigenvalue weighted by molar-refractivity contribution is 0.0697. The molecule has 1 aromatic rings. The van der Waals surface area contributed by atoms with E-state index < -0.39 is 5.97 Å². The van der Waals surface area contributed by atoms with Crippen LogP contribution in [0.1, 0.15) is 10.4 Å². The number of aromatic carboxylic acids is 1. The third-order valence-corrected chi connectivity index (χ3v) is 3.85. The van der Waals surface area contributed by atoms with Gasteiger partial charge in [0.2, 0.25) is 0 Å². The second-order valence-corrected chi connectivity index (χ2v) is 5.68. The molecule has 6 heteroatoms. The SMILES string of the molecule is CN(C)CCN1CCN(c2c(N)cccc2C(=O)O)CC1. The van der Waals surface area contributed by atoms with E-state index >= 15 is 0 Å². The van der Waals surface area contributed by atoms with Crippen molar-refractivity contribution in [2.24, 2.45) is 0 Å². The molecule has 0 radical (unpaired) electrons. The van der Waals surface area contributed by atoms with Crippen LogP contribution in [-0.4, -0.2) is 74.2 Å². The van der Waals surface area contributed by atoms with Crippen molar-refractivity contribution in [2.75, 3.05) is 64.0 Å². The van der Waals surface area contributed by atoms with E-state index in [1.807, 2.05) is 0 Å². The highest BCUT2D eigenvalue weighted by atomic mass is 16.4. The highest BCUT2D eigenvalue weighted by Gasteiger charge is 2.23. The van der Waals surface area contributed by atoms with Crippen molar-refractivity contribution < 1.29 is 9.90 Å². The van der Waals surface area contributed by atoms with Crippen molar-refractivity contribution in [3.05, 3.63) is 23.8 Å². The fourth-order valence-corrected chi connectivity index (χ4v) is 2.62. The van der Waals surface area contributed by atoms with Crippen LogP contribution in [0.15, 0.2) is 18.2 Å². The molecule has 0 bridgehead atoms. The highest BCUT2D eigenvalue weighted by Crippen LogP contribution is 2.28. The minimum atomic E-state index is -0.924. The molecule has 1 aliphatic rings. The molecule has 0 saturated carbocycles. The molecule has 1 aromatic carbocycles. The normalized spacial score (nSPS) is 16.4. The molecular weight excluding hydrogens is 268 g/mol. The van der Waals surface area contributed by atoms with E-state index in [0.717, 1.165) is 39.3 Å². The molecule has 21 heavy (non-hydrogen) atoms. The molecule has 2 rings (SSSR count). The van der Waals surface area contributed by atoms with Gasteiger partial charge in [0.15, 0.2) is 0 Å². The van der Waals surface area contributed by atoms with Gasteiger partial charge in [0.05, 0.1) is 16.9 Å². The first kappa shape index (κ1) is 15.6. The largest absolute Gasteiger partial charge is 0.478 e. The van der Waals surface area contributed by atoms with Crippen molar-refractivity contribution in [2.45, 2.75) is 0 Å². The number of benzene rings is 1. The smallest absolute Gasteiger partial charge is 0.337 e. The minimum Gasteiger partial charge on any atom is -0.478 e. The van der Waals surface area contributed by atoms with Gasteiger partial charge in [-0.05, 0) is 26.2 Å². The number of nitrogens with zero attached hydrogens (tertiary/aromatic N) is 3. The molecule has 0 spiro atoms. The van der Waals surface area contributed by atoms with Crippen molar-refractivity contribution in [1.82, 2.24) is 9.80 Å². The summed E-state index contributed by atoms with van der Waals surface area (Å²) in [4.78, 5) is 18.0. The zero-order valence-electron chi connectivity index (χ0n) is 12.7. The van der Waals surface area contributed by atoms with Crippen molar-refractivity contribution in [1.29, 1.82) is 0 Å². The number of carboxylic acids is 1. The Morgan fingerprint density at radius 1 is 1.29 bits per heavy atom. The van der Waals surface area contributed by atoms with Crippen LogP contribution < -0.4 is 10.6 Å². The molecule has 1 aliphatic heterocycles. The molecule has 6 nitrogen and oxygen atoms in total. The fraction of sp³-hybridized carbons (Fsp3) is 0.533. The average Bonchev–Trinajstić information content (AvgIpc) is 2.45. The molecule has 0 amide bonds. The van der Waals surface area contributed by atoms with Gasteiger partial charge in [-0.1, -0.05) is 6.07 Å². The number of hydrogen-bond acceptors (Lipinski definition) is 5. The molecule has 0 atom stereocenters. The van der Waals surface area contributed by atoms with E-state index in [9.17, 15) is 9.90 Å². The predicted molar refractivity (Wildman–Crippen MR) is 85.0 cm³/mol. The number of nitrogens with two attached hydrogens (primary N) is 1. The van der Waals surface area contributed by atoms with Crippen LogP contribution in [0.5, 0.6) is 0 Å². The summed E-state index contributed by atoms with van der Waals surface area (Å²) in [6.45, 7) is 5.55. The molecule has 116 valence electrons. The Kier molecular flexibility index (Phi) is 5.03. The Hall–Kier alpha value is -1.79. The van der Waals surface area contributed by atoms with Gasteiger partial charge in [-0.25, -0.2) is 4.79 Å². The van der Waals surface area contributed by atoms with Gasteiger partial charge >= 0.3 is 5.97 Å². The number of para-hydroxylation sites is 1. The van der Waals surface area contributed by atoms with Crippen LogP contribution in [0.4, 0.5) is 11.4 Å². The number of carbonyl (C=O) groups is 1. The Labute approximate surface area is 125 Å². The third kappa shape index (κ3) is 3.86. The maximum Gasteiger partial charge on any atom is 0.337 e. The summed E-state index contributed by atoms with van der Waals surface area (Å²) >= 11 is 0. The number of piperazine rings is 1. The first-order chi connectivity index (χ1) is 9.99. The van der Waals surface area contributed by atoms with Gasteiger partial charge in [0.25, 0.3) is 0 Å². The van der Waals surface area contributed by atoms with Gasteiger partial charge in [0.1, 0.15) is 0 Å². The van der Waals surface area contributed by atoms with Gasteiger partial charge in [-0.2, -0.15) is 0 Å². The monoisotopic (exact) mass is 292 g/mol.